The number of anilines is 2. The summed E-state index contributed by atoms with van der Waals surface area (Å²) in [5.41, 5.74) is 0.355. The Kier molecular flexibility index (Phi) is 12.5. The van der Waals surface area contributed by atoms with Gasteiger partial charge in [-0.2, -0.15) is 17.0 Å². The highest BCUT2D eigenvalue weighted by molar-refractivity contribution is 7.92. The lowest BCUT2D eigenvalue weighted by atomic mass is 9.98. The van der Waals surface area contributed by atoms with Crippen LogP contribution in [0.3, 0.4) is 0 Å². The smallest absolute Gasteiger partial charge is 0.410 e. The number of ether oxygens (including phenoxy) is 1. The zero-order valence-electron chi connectivity index (χ0n) is 32.9. The van der Waals surface area contributed by atoms with E-state index < -0.39 is 59.8 Å². The summed E-state index contributed by atoms with van der Waals surface area (Å²) < 4.78 is 109. The Labute approximate surface area is 350 Å². The van der Waals surface area contributed by atoms with Gasteiger partial charge in [0.05, 0.1) is 27.0 Å². The van der Waals surface area contributed by atoms with Crippen LogP contribution in [0.15, 0.2) is 83.9 Å². The first kappa shape index (κ1) is 43.0. The molecule has 20 heteroatoms. The molecule has 2 aromatic heterocycles. The van der Waals surface area contributed by atoms with Crippen molar-refractivity contribution >= 4 is 49.3 Å². The van der Waals surface area contributed by atoms with Crippen LogP contribution in [0.4, 0.5) is 29.6 Å². The molecule has 14 nitrogen and oxygen atoms in total. The minimum atomic E-state index is -4.87. The molecule has 7 rings (SSSR count). The van der Waals surface area contributed by atoms with Crippen molar-refractivity contribution in [3.63, 3.8) is 0 Å². The SMILES string of the molecule is CC(C)(C)c1nc(-c2cccc(NS(=O)(=O)c3c(F)cccc3F)c2F)c(-c2ccnc(NC3CCN(S(=O)(=O)N4CCN(C(=O)OCc5ccccc5)CC4)CC3)n2)s1. The minimum Gasteiger partial charge on any atom is -0.445 e. The first-order valence-corrected chi connectivity index (χ1v) is 22.8. The molecule has 0 bridgehead atoms. The van der Waals surface area contributed by atoms with Crippen molar-refractivity contribution in [2.24, 2.45) is 0 Å². The van der Waals surface area contributed by atoms with Gasteiger partial charge in [-0.15, -0.1) is 11.3 Å². The molecule has 2 aliphatic rings. The van der Waals surface area contributed by atoms with Crippen LogP contribution in [-0.4, -0.2) is 96.7 Å². The van der Waals surface area contributed by atoms with Crippen LogP contribution >= 0.6 is 11.3 Å². The molecule has 3 aromatic carbocycles. The van der Waals surface area contributed by atoms with Crippen molar-refractivity contribution in [2.45, 2.75) is 56.6 Å². The van der Waals surface area contributed by atoms with E-state index in [4.69, 9.17) is 14.7 Å². The zero-order chi connectivity index (χ0) is 42.8. The van der Waals surface area contributed by atoms with Gasteiger partial charge in [0.1, 0.15) is 18.2 Å². The van der Waals surface area contributed by atoms with Gasteiger partial charge in [-0.25, -0.2) is 41.3 Å². The number of benzene rings is 3. The van der Waals surface area contributed by atoms with Crippen molar-refractivity contribution in [1.29, 1.82) is 0 Å². The number of hydrogen-bond donors (Lipinski definition) is 2. The number of halogens is 3. The maximum absolute atomic E-state index is 16.3. The predicted molar refractivity (Wildman–Crippen MR) is 221 cm³/mol. The number of amides is 1. The number of aromatic nitrogens is 3. The number of thiazole rings is 1. The van der Waals surface area contributed by atoms with Crippen molar-refractivity contribution in [3.8, 4) is 21.8 Å². The zero-order valence-corrected chi connectivity index (χ0v) is 35.4. The molecule has 2 aliphatic heterocycles. The normalized spacial score (nSPS) is 16.1. The lowest BCUT2D eigenvalue weighted by Crippen LogP contribution is -2.55. The van der Waals surface area contributed by atoms with Crippen LogP contribution in [0, 0.1) is 17.5 Å². The average molecular weight is 885 g/mol. The van der Waals surface area contributed by atoms with Crippen LogP contribution in [-0.2, 0) is 37.0 Å². The number of piperidine rings is 1. The fourth-order valence-electron chi connectivity index (χ4n) is 6.77. The molecule has 60 heavy (non-hydrogen) atoms. The molecule has 0 radical (unpaired) electrons. The van der Waals surface area contributed by atoms with Crippen molar-refractivity contribution in [1.82, 2.24) is 28.5 Å². The van der Waals surface area contributed by atoms with E-state index in [2.05, 4.69) is 10.3 Å². The second kappa shape index (κ2) is 17.4. The molecule has 0 spiro atoms. The number of piperazine rings is 1. The summed E-state index contributed by atoms with van der Waals surface area (Å²) in [5, 5.41) is 3.95. The number of carbonyl (C=O) groups is 1. The molecule has 4 heterocycles. The molecule has 1 amide bonds. The van der Waals surface area contributed by atoms with Gasteiger partial charge < -0.3 is 15.0 Å². The average Bonchev–Trinajstić information content (AvgIpc) is 3.68. The first-order chi connectivity index (χ1) is 28.5. The van der Waals surface area contributed by atoms with E-state index in [0.29, 0.717) is 28.4 Å². The summed E-state index contributed by atoms with van der Waals surface area (Å²) in [4.78, 5) is 27.2. The lowest BCUT2D eigenvalue weighted by molar-refractivity contribution is 0.0828. The number of nitrogens with one attached hydrogen (secondary N) is 2. The molecule has 0 saturated carbocycles. The third-order valence-corrected chi connectivity index (χ3v) is 14.9. The Balaban J connectivity index is 1.02. The Morgan fingerprint density at radius 3 is 2.15 bits per heavy atom. The van der Waals surface area contributed by atoms with E-state index >= 15 is 4.39 Å². The van der Waals surface area contributed by atoms with Crippen LogP contribution < -0.4 is 10.0 Å². The standard InChI is InChI=1S/C40H43F3N8O6S3/c1-40(2,3)37-47-34(28-11-7-14-31(33(28)43)48-59(53,54)36-29(41)12-8-13-30(36)42)35(58-37)32-15-18-44-38(46-32)45-27-16-19-50(20-17-27)60(55,56)51-23-21-49(22-24-51)39(52)57-25-26-9-5-4-6-10-26/h4-15,18,27,48H,16-17,19-25H2,1-3H3,(H,44,45,46). The molecule has 318 valence electrons. The van der Waals surface area contributed by atoms with Gasteiger partial charge in [0.25, 0.3) is 20.2 Å². The number of carbonyl (C=O) groups excluding carboxylic acids is 1. The van der Waals surface area contributed by atoms with E-state index in [1.54, 1.807) is 6.07 Å². The number of nitrogens with zero attached hydrogens (tertiary/aromatic N) is 6. The third-order valence-electron chi connectivity index (χ3n) is 9.98. The van der Waals surface area contributed by atoms with Crippen molar-refractivity contribution in [2.75, 3.05) is 49.3 Å². The summed E-state index contributed by atoms with van der Waals surface area (Å²) in [6.07, 6.45) is 1.97. The highest BCUT2D eigenvalue weighted by Crippen LogP contribution is 2.42. The molecule has 0 aliphatic carbocycles. The lowest BCUT2D eigenvalue weighted by Gasteiger charge is -2.38. The molecular formula is C40H43F3N8O6S3. The fraction of sp³-hybridized carbons (Fsp3) is 0.350. The topological polar surface area (TPSA) is 167 Å². The van der Waals surface area contributed by atoms with Gasteiger partial charge in [-0.3, -0.25) is 4.72 Å². The first-order valence-electron chi connectivity index (χ1n) is 19.1. The molecule has 0 unspecified atom stereocenters. The number of hydrogen-bond acceptors (Lipinski definition) is 11. The molecule has 2 fully saturated rings. The van der Waals surface area contributed by atoms with Crippen LogP contribution in [0.25, 0.3) is 21.8 Å². The summed E-state index contributed by atoms with van der Waals surface area (Å²) in [6.45, 7) is 7.16. The highest BCUT2D eigenvalue weighted by Gasteiger charge is 2.36. The van der Waals surface area contributed by atoms with E-state index in [1.807, 2.05) is 55.8 Å². The minimum absolute atomic E-state index is 0.0722. The second-order valence-electron chi connectivity index (χ2n) is 15.3. The van der Waals surface area contributed by atoms with Crippen molar-refractivity contribution < 1.29 is 39.5 Å². The Morgan fingerprint density at radius 1 is 0.833 bits per heavy atom. The van der Waals surface area contributed by atoms with Gasteiger partial charge in [-0.1, -0.05) is 63.2 Å². The van der Waals surface area contributed by atoms with Gasteiger partial charge >= 0.3 is 6.09 Å². The largest absolute Gasteiger partial charge is 0.445 e. The fourth-order valence-corrected chi connectivity index (χ4v) is 10.7. The quantitative estimate of drug-likeness (QED) is 0.143. The van der Waals surface area contributed by atoms with E-state index in [-0.39, 0.29) is 69.1 Å². The maximum Gasteiger partial charge on any atom is 0.410 e. The van der Waals surface area contributed by atoms with Gasteiger partial charge in [0.15, 0.2) is 10.7 Å². The second-order valence-corrected chi connectivity index (χ2v) is 19.8. The van der Waals surface area contributed by atoms with E-state index in [0.717, 1.165) is 29.8 Å². The summed E-state index contributed by atoms with van der Waals surface area (Å²) in [7, 11) is -8.65. The number of rotatable bonds is 11. The van der Waals surface area contributed by atoms with Gasteiger partial charge in [0, 0.05) is 62.5 Å². The summed E-state index contributed by atoms with van der Waals surface area (Å²) in [5.74, 6) is -3.41. The molecule has 2 saturated heterocycles. The predicted octanol–water partition coefficient (Wildman–Crippen LogP) is 6.86. The summed E-state index contributed by atoms with van der Waals surface area (Å²) >= 11 is 1.28. The van der Waals surface area contributed by atoms with Gasteiger partial charge in [0.2, 0.25) is 5.95 Å². The van der Waals surface area contributed by atoms with Crippen LogP contribution in [0.1, 0.15) is 44.2 Å². The Bertz CT molecular complexity index is 2560. The molecule has 0 atom stereocenters. The molecule has 5 aromatic rings. The maximum atomic E-state index is 16.3. The molecular weight excluding hydrogens is 842 g/mol. The molecule has 2 N–H and O–H groups in total. The van der Waals surface area contributed by atoms with Crippen LogP contribution in [0.5, 0.6) is 0 Å². The van der Waals surface area contributed by atoms with Crippen LogP contribution in [0.2, 0.25) is 0 Å². The van der Waals surface area contributed by atoms with E-state index in [1.165, 1.54) is 43.2 Å². The monoisotopic (exact) mass is 884 g/mol. The Hall–Kier alpha value is -5.15. The highest BCUT2D eigenvalue weighted by atomic mass is 32.2. The Morgan fingerprint density at radius 2 is 1.48 bits per heavy atom. The van der Waals surface area contributed by atoms with E-state index in [9.17, 15) is 30.4 Å². The third kappa shape index (κ3) is 9.41. The van der Waals surface area contributed by atoms with Gasteiger partial charge in [-0.05, 0) is 48.7 Å². The number of sulfonamides is 1. The van der Waals surface area contributed by atoms with Crippen molar-refractivity contribution in [3.05, 3.63) is 107 Å². The summed E-state index contributed by atoms with van der Waals surface area (Å²) in [6, 6.07) is 17.3.